The largest absolute Gasteiger partial charge is 0.409 e. The minimum absolute atomic E-state index is 0.202. The molecule has 0 aromatic carbocycles. The molecule has 1 N–H and O–H groups in total. The Kier molecular flexibility index (Phi) is 3.10. The summed E-state index contributed by atoms with van der Waals surface area (Å²) in [5.74, 6) is -5.19. The van der Waals surface area contributed by atoms with E-state index < -0.39 is 27.9 Å². The summed E-state index contributed by atoms with van der Waals surface area (Å²) >= 11 is -4.12. The van der Waals surface area contributed by atoms with Gasteiger partial charge in [0.05, 0.1) is 0 Å². The Hall–Kier alpha value is -0.240. The van der Waals surface area contributed by atoms with Crippen molar-refractivity contribution in [2.75, 3.05) is 0 Å². The highest BCUT2D eigenvalue weighted by Crippen LogP contribution is 2.45. The highest BCUT2D eigenvalue weighted by Gasteiger charge is 2.69. The van der Waals surface area contributed by atoms with Crippen LogP contribution in [0.5, 0.6) is 0 Å². The third-order valence-electron chi connectivity index (χ3n) is 1.33. The Morgan fingerprint density at radius 1 is 1.08 bits per heavy atom. The fourth-order valence-corrected chi connectivity index (χ4v) is 0.918. The quantitative estimate of drug-likeness (QED) is 0.591. The third-order valence-corrected chi connectivity index (χ3v) is 2.03. The lowest BCUT2D eigenvalue weighted by molar-refractivity contribution is -0.223. The van der Waals surface area contributed by atoms with Crippen LogP contribution in [0.25, 0.3) is 0 Å². The Bertz CT molecular complexity index is 221. The van der Waals surface area contributed by atoms with Crippen LogP contribution >= 0.6 is 0 Å². The summed E-state index contributed by atoms with van der Waals surface area (Å²) in [5, 5.41) is -5.30. The predicted molar refractivity (Wildman–Crippen MR) is 35.9 cm³/mol. The van der Waals surface area contributed by atoms with Crippen molar-refractivity contribution in [2.24, 2.45) is 0 Å². The molecular weight excluding hydrogens is 219 g/mol. The summed E-state index contributed by atoms with van der Waals surface area (Å²) in [5.41, 5.74) is -3.57. The molecule has 0 fully saturated rings. The zero-order valence-corrected chi connectivity index (χ0v) is 7.47. The highest BCUT2D eigenvalue weighted by atomic mass is 32.2. The Labute approximate surface area is 73.4 Å². The van der Waals surface area contributed by atoms with Gasteiger partial charge < -0.3 is 4.55 Å². The van der Waals surface area contributed by atoms with Crippen molar-refractivity contribution < 1.29 is 30.7 Å². The van der Waals surface area contributed by atoms with Crippen molar-refractivity contribution in [2.45, 2.75) is 30.7 Å². The van der Waals surface area contributed by atoms with E-state index in [1.54, 1.807) is 0 Å². The predicted octanol–water partition coefficient (Wildman–Crippen LogP) is 2.18. The smallest absolute Gasteiger partial charge is 0.301 e. The van der Waals surface area contributed by atoms with Gasteiger partial charge in [0.1, 0.15) is 0 Å². The molecule has 1 unspecified atom stereocenters. The second-order valence-electron chi connectivity index (χ2n) is 2.81. The lowest BCUT2D eigenvalue weighted by Crippen LogP contribution is -2.55. The second-order valence-corrected chi connectivity index (χ2v) is 3.82. The molecule has 0 heterocycles. The topological polar surface area (TPSA) is 37.3 Å². The summed E-state index contributed by atoms with van der Waals surface area (Å²) in [6.07, 6.45) is 0. The van der Waals surface area contributed by atoms with Gasteiger partial charge in [-0.05, 0) is 13.8 Å². The molecule has 0 aliphatic rings. The molecule has 0 saturated heterocycles. The molecule has 0 aromatic rings. The molecule has 13 heavy (non-hydrogen) atoms. The van der Waals surface area contributed by atoms with Gasteiger partial charge in [-0.3, -0.25) is 0 Å². The number of rotatable bonds is 3. The van der Waals surface area contributed by atoms with Crippen LogP contribution in [0, 0.1) is 0 Å². The molecule has 0 aliphatic carbocycles. The molecule has 0 aliphatic heterocycles. The minimum Gasteiger partial charge on any atom is -0.301 e. The minimum atomic E-state index is -5.30. The molecule has 2 nitrogen and oxygen atoms in total. The number of halogens is 5. The summed E-state index contributed by atoms with van der Waals surface area (Å²) in [6.45, 7) is 0.404. The highest BCUT2D eigenvalue weighted by molar-refractivity contribution is 7.80. The van der Waals surface area contributed by atoms with Crippen LogP contribution < -0.4 is 0 Å². The second kappa shape index (κ2) is 3.16. The van der Waals surface area contributed by atoms with Crippen LogP contribution in [0.1, 0.15) is 13.8 Å². The monoisotopic (exact) mass is 226 g/mol. The van der Waals surface area contributed by atoms with E-state index in [2.05, 4.69) is 0 Å². The molecule has 0 bridgehead atoms. The SMILES string of the molecule is CC(C)(F)C(F)(F)C(F)(F)S(=O)O. The zero-order valence-electron chi connectivity index (χ0n) is 6.65. The van der Waals surface area contributed by atoms with E-state index in [0.29, 0.717) is 0 Å². The van der Waals surface area contributed by atoms with Crippen molar-refractivity contribution in [3.05, 3.63) is 0 Å². The van der Waals surface area contributed by atoms with Gasteiger partial charge in [-0.1, -0.05) is 0 Å². The van der Waals surface area contributed by atoms with Gasteiger partial charge in [0.2, 0.25) is 11.1 Å². The molecule has 80 valence electrons. The van der Waals surface area contributed by atoms with Crippen molar-refractivity contribution in [3.8, 4) is 0 Å². The molecular formula is C5H7F5O2S. The number of hydrogen-bond donors (Lipinski definition) is 1. The summed E-state index contributed by atoms with van der Waals surface area (Å²) in [4.78, 5) is 0. The van der Waals surface area contributed by atoms with Gasteiger partial charge in [0, 0.05) is 0 Å². The van der Waals surface area contributed by atoms with Crippen molar-refractivity contribution in [1.82, 2.24) is 0 Å². The lowest BCUT2D eigenvalue weighted by atomic mass is 10.0. The van der Waals surface area contributed by atoms with Crippen LogP contribution in [-0.2, 0) is 11.1 Å². The van der Waals surface area contributed by atoms with Crippen LogP contribution in [0.15, 0.2) is 0 Å². The fraction of sp³-hybridized carbons (Fsp3) is 1.00. The van der Waals surface area contributed by atoms with Crippen LogP contribution in [0.2, 0.25) is 0 Å². The molecule has 8 heteroatoms. The van der Waals surface area contributed by atoms with Crippen LogP contribution in [-0.4, -0.2) is 25.6 Å². The van der Waals surface area contributed by atoms with Gasteiger partial charge >= 0.3 is 11.2 Å². The molecule has 0 radical (unpaired) electrons. The van der Waals surface area contributed by atoms with Crippen LogP contribution in [0.4, 0.5) is 22.0 Å². The van der Waals surface area contributed by atoms with Crippen LogP contribution in [0.3, 0.4) is 0 Å². The maximum Gasteiger partial charge on any atom is 0.409 e. The van der Waals surface area contributed by atoms with Gasteiger partial charge in [-0.25, -0.2) is 8.60 Å². The average molecular weight is 226 g/mol. The molecule has 1 atom stereocenters. The average Bonchev–Trinajstić information content (AvgIpc) is 1.84. The fourth-order valence-electron chi connectivity index (χ4n) is 0.456. The zero-order chi connectivity index (χ0) is 11.1. The van der Waals surface area contributed by atoms with Crippen molar-refractivity contribution >= 4 is 11.1 Å². The van der Waals surface area contributed by atoms with E-state index in [9.17, 15) is 26.2 Å². The maximum absolute atomic E-state index is 12.5. The first-order valence-electron chi connectivity index (χ1n) is 3.00. The number of alkyl halides is 5. The summed E-state index contributed by atoms with van der Waals surface area (Å²) in [7, 11) is 0. The van der Waals surface area contributed by atoms with Gasteiger partial charge in [0.25, 0.3) is 0 Å². The van der Waals surface area contributed by atoms with Gasteiger partial charge in [-0.15, -0.1) is 0 Å². The molecule has 0 saturated carbocycles. The standard InChI is InChI=1S/C5H7F5O2S/c1-3(2,6)4(7,8)5(9,10)13(11)12/h1-2H3,(H,11,12). The Morgan fingerprint density at radius 2 is 1.38 bits per heavy atom. The van der Waals surface area contributed by atoms with Gasteiger partial charge in [-0.2, -0.15) is 17.6 Å². The first-order valence-corrected chi connectivity index (χ1v) is 4.11. The Balaban J connectivity index is 5.16. The third kappa shape index (κ3) is 1.98. The van der Waals surface area contributed by atoms with E-state index in [0.717, 1.165) is 0 Å². The van der Waals surface area contributed by atoms with Gasteiger partial charge in [0.15, 0.2) is 5.67 Å². The summed E-state index contributed by atoms with van der Waals surface area (Å²) in [6, 6.07) is 0. The van der Waals surface area contributed by atoms with E-state index in [-0.39, 0.29) is 13.8 Å². The lowest BCUT2D eigenvalue weighted by Gasteiger charge is -2.30. The first-order chi connectivity index (χ1) is 5.44. The van der Waals surface area contributed by atoms with Crippen molar-refractivity contribution in [1.29, 1.82) is 0 Å². The van der Waals surface area contributed by atoms with E-state index in [1.165, 1.54) is 0 Å². The van der Waals surface area contributed by atoms with E-state index in [4.69, 9.17) is 4.55 Å². The molecule has 0 aromatic heterocycles. The van der Waals surface area contributed by atoms with E-state index >= 15 is 0 Å². The first kappa shape index (κ1) is 12.8. The number of hydrogen-bond acceptors (Lipinski definition) is 1. The summed E-state index contributed by atoms with van der Waals surface area (Å²) < 4.78 is 79.8. The normalized spacial score (nSPS) is 17.2. The van der Waals surface area contributed by atoms with E-state index in [1.807, 2.05) is 0 Å². The Morgan fingerprint density at radius 3 is 1.46 bits per heavy atom. The maximum atomic E-state index is 12.5. The molecule has 0 rings (SSSR count). The molecule has 0 spiro atoms. The van der Waals surface area contributed by atoms with Crippen molar-refractivity contribution in [3.63, 3.8) is 0 Å². The molecule has 0 amide bonds.